The van der Waals surface area contributed by atoms with Crippen LogP contribution in [0, 0.1) is 5.41 Å². The lowest BCUT2D eigenvalue weighted by molar-refractivity contribution is 0.115. The Morgan fingerprint density at radius 2 is 1.90 bits per heavy atom. The fourth-order valence-corrected chi connectivity index (χ4v) is 5.07. The normalized spacial score (nSPS) is 20.1. The zero-order valence-electron chi connectivity index (χ0n) is 17.8. The number of hydrogen-bond acceptors (Lipinski definition) is 5. The highest BCUT2D eigenvalue weighted by Crippen LogP contribution is 2.42. The van der Waals surface area contributed by atoms with Crippen molar-refractivity contribution in [3.8, 4) is 0 Å². The number of aryl methyl sites for hydroxylation is 1. The minimum atomic E-state index is 0.511. The predicted molar refractivity (Wildman–Crippen MR) is 117 cm³/mol. The Morgan fingerprint density at radius 3 is 2.69 bits per heavy atom. The number of rotatable bonds is 4. The van der Waals surface area contributed by atoms with Gasteiger partial charge in [-0.3, -0.25) is 9.67 Å². The molecule has 1 aliphatic carbocycles. The number of guanidine groups is 1. The molecule has 2 aromatic rings. The van der Waals surface area contributed by atoms with Gasteiger partial charge < -0.3 is 15.5 Å². The molecule has 0 atom stereocenters. The molecule has 1 aliphatic heterocycles. The molecule has 0 bridgehead atoms. The number of nitrogens with zero attached hydrogens (tertiary/aromatic N) is 6. The predicted octanol–water partition coefficient (Wildman–Crippen LogP) is 2.79. The van der Waals surface area contributed by atoms with Gasteiger partial charge in [-0.25, -0.2) is 9.97 Å². The highest BCUT2D eigenvalue weighted by atomic mass is 15.3. The highest BCUT2D eigenvalue weighted by molar-refractivity contribution is 5.86. The molecular weight excluding hydrogens is 364 g/mol. The first-order chi connectivity index (χ1) is 14.2. The Bertz CT molecular complexity index is 834. The number of fused-ring (bicyclic) bond motifs is 1. The van der Waals surface area contributed by atoms with Crippen molar-refractivity contribution < 1.29 is 0 Å². The van der Waals surface area contributed by atoms with E-state index in [0.717, 1.165) is 49.0 Å². The van der Waals surface area contributed by atoms with Crippen molar-refractivity contribution in [3.05, 3.63) is 12.5 Å². The maximum absolute atomic E-state index is 4.58. The number of likely N-dealkylation sites (tertiary alicyclic amines) is 1. The van der Waals surface area contributed by atoms with E-state index in [9.17, 15) is 0 Å². The van der Waals surface area contributed by atoms with Gasteiger partial charge in [0.1, 0.15) is 12.1 Å². The van der Waals surface area contributed by atoms with Crippen molar-refractivity contribution in [1.29, 1.82) is 0 Å². The van der Waals surface area contributed by atoms with Crippen molar-refractivity contribution >= 4 is 22.8 Å². The number of aliphatic imine (C=N–C) groups is 1. The van der Waals surface area contributed by atoms with Crippen LogP contribution in [0.4, 0.5) is 5.82 Å². The molecule has 1 saturated heterocycles. The summed E-state index contributed by atoms with van der Waals surface area (Å²) in [4.78, 5) is 15.7. The zero-order chi connectivity index (χ0) is 20.1. The molecular formula is C21H34N8. The van der Waals surface area contributed by atoms with Gasteiger partial charge in [0.05, 0.1) is 11.6 Å². The minimum Gasteiger partial charge on any atom is -0.368 e. The second kappa shape index (κ2) is 8.97. The topological polar surface area (TPSA) is 83.3 Å². The Hall–Kier alpha value is -2.38. The van der Waals surface area contributed by atoms with Gasteiger partial charge in [-0.2, -0.15) is 5.10 Å². The lowest BCUT2D eigenvalue weighted by atomic mass is 9.74. The number of aromatic nitrogens is 4. The molecule has 8 heteroatoms. The summed E-state index contributed by atoms with van der Waals surface area (Å²) in [5.74, 6) is 1.86. The van der Waals surface area contributed by atoms with Crippen LogP contribution < -0.4 is 10.6 Å². The van der Waals surface area contributed by atoms with Gasteiger partial charge in [0.2, 0.25) is 0 Å². The largest absolute Gasteiger partial charge is 0.368 e. The maximum Gasteiger partial charge on any atom is 0.193 e. The van der Waals surface area contributed by atoms with Crippen LogP contribution in [0.15, 0.2) is 17.5 Å². The van der Waals surface area contributed by atoms with Crippen LogP contribution in [0.1, 0.15) is 51.4 Å². The quantitative estimate of drug-likeness (QED) is 0.468. The second-order valence-corrected chi connectivity index (χ2v) is 8.57. The van der Waals surface area contributed by atoms with Crippen LogP contribution in [0.3, 0.4) is 0 Å². The first kappa shape index (κ1) is 19.9. The van der Waals surface area contributed by atoms with Crippen molar-refractivity contribution in [2.24, 2.45) is 17.5 Å². The lowest BCUT2D eigenvalue weighted by Gasteiger charge is -2.44. The molecule has 2 fully saturated rings. The third-order valence-corrected chi connectivity index (χ3v) is 6.57. The van der Waals surface area contributed by atoms with E-state index in [2.05, 4.69) is 35.6 Å². The average Bonchev–Trinajstić information content (AvgIpc) is 2.98. The van der Waals surface area contributed by atoms with Crippen molar-refractivity contribution in [1.82, 2.24) is 30.0 Å². The molecule has 0 radical (unpaired) electrons. The van der Waals surface area contributed by atoms with Gasteiger partial charge in [0.15, 0.2) is 11.6 Å². The van der Waals surface area contributed by atoms with Crippen LogP contribution >= 0.6 is 0 Å². The Kier molecular flexibility index (Phi) is 6.16. The number of hydrogen-bond donors (Lipinski definition) is 2. The summed E-state index contributed by atoms with van der Waals surface area (Å²) in [5.41, 5.74) is 1.35. The summed E-state index contributed by atoms with van der Waals surface area (Å²) in [6.07, 6.45) is 14.4. The molecule has 2 N–H and O–H groups in total. The van der Waals surface area contributed by atoms with E-state index >= 15 is 0 Å². The average molecular weight is 399 g/mol. The van der Waals surface area contributed by atoms with Crippen LogP contribution in [0.2, 0.25) is 0 Å². The fourth-order valence-electron chi connectivity index (χ4n) is 5.07. The van der Waals surface area contributed by atoms with Gasteiger partial charge in [-0.15, -0.1) is 0 Å². The molecule has 1 saturated carbocycles. The summed E-state index contributed by atoms with van der Waals surface area (Å²) < 4.78 is 1.77. The summed E-state index contributed by atoms with van der Waals surface area (Å²) in [6, 6.07) is 0. The van der Waals surface area contributed by atoms with Crippen molar-refractivity contribution in [3.63, 3.8) is 0 Å². The summed E-state index contributed by atoms with van der Waals surface area (Å²) in [5, 5.41) is 12.2. The smallest absolute Gasteiger partial charge is 0.193 e. The van der Waals surface area contributed by atoms with E-state index in [-0.39, 0.29) is 0 Å². The molecule has 2 aromatic heterocycles. The molecule has 3 heterocycles. The molecule has 158 valence electrons. The zero-order valence-corrected chi connectivity index (χ0v) is 17.8. The molecule has 0 aromatic carbocycles. The molecule has 1 spiro atoms. The van der Waals surface area contributed by atoms with E-state index in [1.165, 1.54) is 51.4 Å². The SMILES string of the molecule is CN=C(NCCNc1ncnc2c1cnn2C)N1CCCC2(CCCCCC2)C1. The van der Waals surface area contributed by atoms with Gasteiger partial charge in [0, 0.05) is 40.3 Å². The molecule has 8 nitrogen and oxygen atoms in total. The van der Waals surface area contributed by atoms with E-state index in [1.807, 2.05) is 20.3 Å². The Balaban J connectivity index is 1.31. The van der Waals surface area contributed by atoms with Crippen LogP contribution in [0.25, 0.3) is 11.0 Å². The van der Waals surface area contributed by atoms with Crippen LogP contribution in [0.5, 0.6) is 0 Å². The third-order valence-electron chi connectivity index (χ3n) is 6.57. The fraction of sp³-hybridized carbons (Fsp3) is 0.714. The monoisotopic (exact) mass is 398 g/mol. The third kappa shape index (κ3) is 4.46. The van der Waals surface area contributed by atoms with Gasteiger partial charge in [-0.1, -0.05) is 25.7 Å². The van der Waals surface area contributed by atoms with Gasteiger partial charge >= 0.3 is 0 Å². The van der Waals surface area contributed by atoms with Gasteiger partial charge in [-0.05, 0) is 31.1 Å². The van der Waals surface area contributed by atoms with Crippen LogP contribution in [-0.4, -0.2) is 63.8 Å². The number of nitrogens with one attached hydrogen (secondary N) is 2. The maximum atomic E-state index is 4.58. The molecule has 29 heavy (non-hydrogen) atoms. The highest BCUT2D eigenvalue weighted by Gasteiger charge is 2.36. The lowest BCUT2D eigenvalue weighted by Crippen LogP contribution is -2.51. The van der Waals surface area contributed by atoms with Crippen molar-refractivity contribution in [2.45, 2.75) is 51.4 Å². The summed E-state index contributed by atoms with van der Waals surface area (Å²) in [6.45, 7) is 3.82. The summed E-state index contributed by atoms with van der Waals surface area (Å²) in [7, 11) is 3.79. The Labute approximate surface area is 173 Å². The van der Waals surface area contributed by atoms with E-state index in [0.29, 0.717) is 5.41 Å². The van der Waals surface area contributed by atoms with E-state index in [1.54, 1.807) is 11.0 Å². The number of anilines is 1. The molecule has 0 unspecified atom stereocenters. The Morgan fingerprint density at radius 1 is 1.10 bits per heavy atom. The van der Waals surface area contributed by atoms with Crippen molar-refractivity contribution in [2.75, 3.05) is 38.5 Å². The first-order valence-corrected chi connectivity index (χ1v) is 11.0. The molecule has 4 rings (SSSR count). The second-order valence-electron chi connectivity index (χ2n) is 8.57. The molecule has 2 aliphatic rings. The van der Waals surface area contributed by atoms with Crippen LogP contribution in [-0.2, 0) is 7.05 Å². The van der Waals surface area contributed by atoms with Gasteiger partial charge in [0.25, 0.3) is 0 Å². The van der Waals surface area contributed by atoms with E-state index < -0.39 is 0 Å². The number of piperidine rings is 1. The summed E-state index contributed by atoms with van der Waals surface area (Å²) >= 11 is 0. The first-order valence-electron chi connectivity index (χ1n) is 11.0. The standard InChI is InChI=1S/C21H34N8/c1-22-20(29-13-7-10-21(15-29)8-5-3-4-6-9-21)24-12-11-23-18-17-14-27-28(2)19(17)26-16-25-18/h14,16H,3-13,15H2,1-2H3,(H,22,24)(H,23,25,26). The molecule has 0 amide bonds. The van der Waals surface area contributed by atoms with E-state index in [4.69, 9.17) is 0 Å². The minimum absolute atomic E-state index is 0.511.